The Balaban J connectivity index is 1.37. The first-order chi connectivity index (χ1) is 21.2. The lowest BCUT2D eigenvalue weighted by atomic mass is 10.1. The van der Waals surface area contributed by atoms with E-state index in [9.17, 15) is 17.4 Å². The molecule has 0 unspecified atom stereocenters. The Bertz CT molecular complexity index is 1480. The molecule has 0 radical (unpaired) electrons. The van der Waals surface area contributed by atoms with Crippen LogP contribution in [0.15, 0.2) is 65.7 Å². The van der Waals surface area contributed by atoms with Crippen LogP contribution < -0.4 is 16.4 Å². The maximum atomic E-state index is 13.7. The van der Waals surface area contributed by atoms with Crippen LogP contribution in [0.1, 0.15) is 26.7 Å². The molecule has 0 spiro atoms. The number of rotatable bonds is 16. The summed E-state index contributed by atoms with van der Waals surface area (Å²) < 4.78 is 65.8. The van der Waals surface area contributed by atoms with Gasteiger partial charge in [-0.3, -0.25) is 4.57 Å². The fourth-order valence-corrected chi connectivity index (χ4v) is 8.37. The van der Waals surface area contributed by atoms with Crippen LogP contribution in [-0.4, -0.2) is 85.7 Å². The van der Waals surface area contributed by atoms with E-state index in [1.54, 1.807) is 62.5 Å². The third kappa shape index (κ3) is 9.27. The van der Waals surface area contributed by atoms with Gasteiger partial charge in [0.2, 0.25) is 16.0 Å². The predicted octanol–water partition coefficient (Wildman–Crippen LogP) is 4.78. The van der Waals surface area contributed by atoms with E-state index in [1.807, 2.05) is 0 Å². The number of likely N-dealkylation sites (tertiary alicyclic amines) is 1. The fraction of sp³-hybridized carbons (Fsp3) is 0.448. The first-order valence-electron chi connectivity index (χ1n) is 14.7. The highest BCUT2D eigenvalue weighted by molar-refractivity contribution is 7.89. The van der Waals surface area contributed by atoms with Gasteiger partial charge >= 0.3 is 7.60 Å². The molecule has 1 aliphatic heterocycles. The van der Waals surface area contributed by atoms with Gasteiger partial charge in [0.05, 0.1) is 24.3 Å². The van der Waals surface area contributed by atoms with E-state index in [4.69, 9.17) is 14.8 Å². The summed E-state index contributed by atoms with van der Waals surface area (Å²) in [5.41, 5.74) is 7.13. The topological polar surface area (TPSA) is 152 Å². The number of hydrogen-bond acceptors (Lipinski definition) is 11. The first-order valence-corrected chi connectivity index (χ1v) is 17.9. The lowest BCUT2D eigenvalue weighted by Crippen LogP contribution is -2.49. The largest absolute Gasteiger partial charge is 0.340 e. The van der Waals surface area contributed by atoms with E-state index in [0.29, 0.717) is 75.0 Å². The van der Waals surface area contributed by atoms with Crippen LogP contribution >= 0.6 is 7.60 Å². The normalized spacial score (nSPS) is 15.0. The molecule has 4 N–H and O–H groups in total. The number of halogens is 1. The number of nitrogens with zero attached hydrogens (tertiary/aromatic N) is 4. The molecule has 1 aliphatic rings. The highest BCUT2D eigenvalue weighted by atomic mass is 32.2. The van der Waals surface area contributed by atoms with E-state index >= 15 is 0 Å². The first kappa shape index (κ1) is 33.9. The van der Waals surface area contributed by atoms with Crippen molar-refractivity contribution in [2.75, 3.05) is 62.7 Å². The highest BCUT2D eigenvalue weighted by Gasteiger charge is 2.34. The minimum Gasteiger partial charge on any atom is -0.340 e. The maximum absolute atomic E-state index is 13.7. The van der Waals surface area contributed by atoms with Gasteiger partial charge in [0.1, 0.15) is 11.6 Å². The second-order valence-electron chi connectivity index (χ2n) is 10.2. The van der Waals surface area contributed by atoms with Crippen molar-refractivity contribution in [1.82, 2.24) is 19.2 Å². The number of nitrogens with one attached hydrogen (secondary N) is 2. The summed E-state index contributed by atoms with van der Waals surface area (Å²) in [6.07, 6.45) is 3.13. The van der Waals surface area contributed by atoms with Gasteiger partial charge in [-0.25, -0.2) is 17.8 Å². The quantitative estimate of drug-likeness (QED) is 0.184. The summed E-state index contributed by atoms with van der Waals surface area (Å²) in [5.74, 6) is 0.487. The van der Waals surface area contributed by atoms with Gasteiger partial charge in [-0.2, -0.15) is 9.29 Å². The van der Waals surface area contributed by atoms with Crippen molar-refractivity contribution in [3.05, 3.63) is 66.6 Å². The lowest BCUT2D eigenvalue weighted by Gasteiger charge is -2.38. The Morgan fingerprint density at radius 1 is 1.00 bits per heavy atom. The van der Waals surface area contributed by atoms with E-state index in [0.717, 1.165) is 0 Å². The molecule has 240 valence electrons. The zero-order chi connectivity index (χ0) is 31.6. The van der Waals surface area contributed by atoms with Gasteiger partial charge in [-0.15, -0.1) is 0 Å². The Labute approximate surface area is 258 Å². The average Bonchev–Trinajstić information content (AvgIpc) is 3.01. The molecule has 0 aliphatic carbocycles. The summed E-state index contributed by atoms with van der Waals surface area (Å²) >= 11 is 0. The van der Waals surface area contributed by atoms with E-state index in [2.05, 4.69) is 25.5 Å². The van der Waals surface area contributed by atoms with Crippen molar-refractivity contribution in [3.63, 3.8) is 0 Å². The van der Waals surface area contributed by atoms with Crippen LogP contribution in [-0.2, 0) is 23.6 Å². The second-order valence-corrected chi connectivity index (χ2v) is 14.3. The Morgan fingerprint density at radius 3 is 2.23 bits per heavy atom. The minimum atomic E-state index is -3.81. The molecule has 0 amide bonds. The van der Waals surface area contributed by atoms with Gasteiger partial charge in [-0.05, 0) is 94.4 Å². The second kappa shape index (κ2) is 15.8. The Kier molecular flexibility index (Phi) is 12.2. The monoisotopic (exact) mass is 649 g/mol. The molecule has 44 heavy (non-hydrogen) atoms. The van der Waals surface area contributed by atoms with Crippen molar-refractivity contribution < 1.29 is 26.4 Å². The van der Waals surface area contributed by atoms with Gasteiger partial charge in [-0.1, -0.05) is 0 Å². The van der Waals surface area contributed by atoms with E-state index < -0.39 is 17.6 Å². The number of hydrogen-bond donors (Lipinski definition) is 3. The van der Waals surface area contributed by atoms with Crippen molar-refractivity contribution in [2.24, 2.45) is 5.73 Å². The van der Waals surface area contributed by atoms with E-state index in [1.165, 1.54) is 16.4 Å². The molecular formula is C29H41FN7O5PS. The number of anilines is 4. The lowest BCUT2D eigenvalue weighted by molar-refractivity contribution is 0.161. The SMILES string of the molecule is CCOP(=O)(CCN1CCC(N(CCN)S(=O)(=O)c2ccc(Nc3nccc(Nc4ccc(F)cc4)n3)cc2)CC1)OCC. The Morgan fingerprint density at radius 2 is 1.61 bits per heavy atom. The molecule has 2 heterocycles. The third-order valence-electron chi connectivity index (χ3n) is 7.14. The number of sulfonamides is 1. The van der Waals surface area contributed by atoms with Crippen molar-refractivity contribution in [2.45, 2.75) is 37.6 Å². The van der Waals surface area contributed by atoms with Crippen LogP contribution in [0.3, 0.4) is 0 Å². The molecule has 0 bridgehead atoms. The van der Waals surface area contributed by atoms with Crippen molar-refractivity contribution in [3.8, 4) is 0 Å². The van der Waals surface area contributed by atoms with Crippen LogP contribution in [0.25, 0.3) is 0 Å². The van der Waals surface area contributed by atoms with Crippen LogP contribution in [0, 0.1) is 5.82 Å². The maximum Gasteiger partial charge on any atom is 0.331 e. The molecule has 1 fully saturated rings. The molecule has 0 atom stereocenters. The van der Waals surface area contributed by atoms with Gasteiger partial charge in [0.25, 0.3) is 0 Å². The van der Waals surface area contributed by atoms with Gasteiger partial charge in [0, 0.05) is 43.2 Å². The zero-order valence-electron chi connectivity index (χ0n) is 25.1. The van der Waals surface area contributed by atoms with Crippen molar-refractivity contribution >= 4 is 40.8 Å². The molecule has 3 aromatic rings. The van der Waals surface area contributed by atoms with Gasteiger partial charge < -0.3 is 30.3 Å². The van der Waals surface area contributed by atoms with Crippen LogP contribution in [0.4, 0.5) is 27.5 Å². The summed E-state index contributed by atoms with van der Waals surface area (Å²) in [4.78, 5) is 11.0. The summed E-state index contributed by atoms with van der Waals surface area (Å²) in [7, 11) is -6.94. The van der Waals surface area contributed by atoms with Crippen LogP contribution in [0.5, 0.6) is 0 Å². The molecule has 1 saturated heterocycles. The molecule has 4 rings (SSSR count). The highest BCUT2D eigenvalue weighted by Crippen LogP contribution is 2.47. The number of aromatic nitrogens is 2. The smallest absolute Gasteiger partial charge is 0.331 e. The predicted molar refractivity (Wildman–Crippen MR) is 170 cm³/mol. The van der Waals surface area contributed by atoms with E-state index in [-0.39, 0.29) is 29.8 Å². The summed E-state index contributed by atoms with van der Waals surface area (Å²) in [6, 6.07) is 13.8. The van der Waals surface area contributed by atoms with Crippen LogP contribution in [0.2, 0.25) is 0 Å². The molecule has 1 aromatic heterocycles. The summed E-state index contributed by atoms with van der Waals surface area (Å²) in [5, 5.41) is 6.17. The number of nitrogens with two attached hydrogens (primary N) is 1. The molecule has 2 aromatic carbocycles. The number of benzene rings is 2. The third-order valence-corrected chi connectivity index (χ3v) is 11.2. The molecule has 12 nitrogen and oxygen atoms in total. The number of piperidine rings is 1. The standard InChI is InChI=1S/C29H41FN7O5PS/c1-3-41-43(38,42-4-2)22-21-36-18-14-26(15-19-36)37(20-16-31)44(39,40)27-11-9-25(10-12-27)34-29-32-17-13-28(35-29)33-24-7-5-23(30)6-8-24/h5-13,17,26H,3-4,14-16,18-22,31H2,1-2H3,(H2,32,33,34,35). The summed E-state index contributed by atoms with van der Waals surface area (Å²) in [6.45, 7) is 6.50. The van der Waals surface area contributed by atoms with Gasteiger partial charge in [0.15, 0.2) is 0 Å². The fourth-order valence-electron chi connectivity index (χ4n) is 5.03. The molecule has 0 saturated carbocycles. The minimum absolute atomic E-state index is 0.168. The zero-order valence-corrected chi connectivity index (χ0v) is 26.8. The van der Waals surface area contributed by atoms with Crippen molar-refractivity contribution in [1.29, 1.82) is 0 Å². The average molecular weight is 650 g/mol. The molecule has 15 heteroatoms. The Hall–Kier alpha value is -2.97. The molecular weight excluding hydrogens is 608 g/mol.